The fourth-order valence-corrected chi connectivity index (χ4v) is 2.84. The van der Waals surface area contributed by atoms with Gasteiger partial charge < -0.3 is 10.6 Å². The Bertz CT molecular complexity index is 1230. The Morgan fingerprint density at radius 2 is 1.44 bits per heavy atom. The number of fused-ring (bicyclic) bond motifs is 1. The summed E-state index contributed by atoms with van der Waals surface area (Å²) in [5.74, 6) is -0.961. The molecule has 0 saturated carbocycles. The Kier molecular flexibility index (Phi) is 5.80. The van der Waals surface area contributed by atoms with Crippen molar-refractivity contribution in [3.8, 4) is 11.3 Å². The molecule has 0 spiro atoms. The second kappa shape index (κ2) is 8.69. The summed E-state index contributed by atoms with van der Waals surface area (Å²) in [6.07, 6.45) is -3.10. The molecule has 0 aliphatic carbocycles. The molecule has 0 amide bonds. The molecule has 164 valence electrons. The summed E-state index contributed by atoms with van der Waals surface area (Å²) in [6.45, 7) is -1.12. The zero-order chi connectivity index (χ0) is 22.7. The van der Waals surface area contributed by atoms with Crippen LogP contribution in [0.5, 0.6) is 0 Å². The standard InChI is InChI=1S/C21H15F5N6/c22-14-5-1-12(2-6-14)9-28-20-31-18-17(19(32-20)29-11-21(24,25)26)30-16(10-27-18)13-3-7-15(23)8-4-13/h1-8,10H,9,11H2,(H2,27,28,29,31,32). The van der Waals surface area contributed by atoms with Gasteiger partial charge in [0.2, 0.25) is 5.95 Å². The monoisotopic (exact) mass is 446 g/mol. The van der Waals surface area contributed by atoms with Crippen molar-refractivity contribution in [2.45, 2.75) is 12.7 Å². The molecule has 4 aromatic rings. The van der Waals surface area contributed by atoms with Crippen LogP contribution in [0.15, 0.2) is 54.7 Å². The molecule has 2 aromatic carbocycles. The van der Waals surface area contributed by atoms with E-state index in [9.17, 15) is 22.0 Å². The number of aromatic nitrogens is 4. The third-order valence-corrected chi connectivity index (χ3v) is 4.37. The first kappa shape index (κ1) is 21.3. The minimum absolute atomic E-state index is 0.0235. The molecule has 0 saturated heterocycles. The summed E-state index contributed by atoms with van der Waals surface area (Å²) in [5.41, 5.74) is 1.67. The molecule has 0 bridgehead atoms. The Morgan fingerprint density at radius 1 is 0.781 bits per heavy atom. The van der Waals surface area contributed by atoms with Crippen molar-refractivity contribution in [2.75, 3.05) is 17.2 Å². The second-order valence-electron chi connectivity index (χ2n) is 6.78. The number of hydrogen-bond donors (Lipinski definition) is 2. The van der Waals surface area contributed by atoms with Crippen LogP contribution in [0, 0.1) is 11.6 Å². The van der Waals surface area contributed by atoms with Gasteiger partial charge in [0.05, 0.1) is 11.9 Å². The fourth-order valence-electron chi connectivity index (χ4n) is 2.84. The van der Waals surface area contributed by atoms with E-state index in [0.29, 0.717) is 11.3 Å². The third kappa shape index (κ3) is 5.23. The highest BCUT2D eigenvalue weighted by molar-refractivity contribution is 5.85. The van der Waals surface area contributed by atoms with E-state index in [4.69, 9.17) is 0 Å². The maximum atomic E-state index is 13.2. The Morgan fingerprint density at radius 3 is 2.09 bits per heavy atom. The minimum Gasteiger partial charge on any atom is -0.359 e. The summed E-state index contributed by atoms with van der Waals surface area (Å²) in [5, 5.41) is 5.12. The zero-order valence-corrected chi connectivity index (χ0v) is 16.3. The quantitative estimate of drug-likeness (QED) is 0.408. The van der Waals surface area contributed by atoms with Crippen LogP contribution in [-0.4, -0.2) is 32.7 Å². The van der Waals surface area contributed by atoms with Crippen LogP contribution in [0.3, 0.4) is 0 Å². The highest BCUT2D eigenvalue weighted by Crippen LogP contribution is 2.25. The van der Waals surface area contributed by atoms with Gasteiger partial charge >= 0.3 is 6.18 Å². The zero-order valence-electron chi connectivity index (χ0n) is 16.3. The van der Waals surface area contributed by atoms with Crippen molar-refractivity contribution in [1.29, 1.82) is 0 Å². The van der Waals surface area contributed by atoms with E-state index in [-0.39, 0.29) is 35.3 Å². The van der Waals surface area contributed by atoms with Gasteiger partial charge in [-0.2, -0.15) is 23.1 Å². The SMILES string of the molecule is Fc1ccc(CNc2nc(NCC(F)(F)F)c3nc(-c4ccc(F)cc4)cnc3n2)cc1. The Hall–Kier alpha value is -3.89. The van der Waals surface area contributed by atoms with Crippen molar-refractivity contribution in [3.05, 3.63) is 71.9 Å². The van der Waals surface area contributed by atoms with Gasteiger partial charge in [0.1, 0.15) is 18.2 Å². The minimum atomic E-state index is -4.49. The van der Waals surface area contributed by atoms with Crippen LogP contribution in [0.25, 0.3) is 22.4 Å². The largest absolute Gasteiger partial charge is 0.405 e. The molecule has 0 fully saturated rings. The van der Waals surface area contributed by atoms with Gasteiger partial charge in [0.15, 0.2) is 17.0 Å². The third-order valence-electron chi connectivity index (χ3n) is 4.37. The molecule has 6 nitrogen and oxygen atoms in total. The van der Waals surface area contributed by atoms with Crippen molar-refractivity contribution in [3.63, 3.8) is 0 Å². The number of benzene rings is 2. The van der Waals surface area contributed by atoms with E-state index in [1.54, 1.807) is 12.1 Å². The van der Waals surface area contributed by atoms with Gasteiger partial charge in [-0.05, 0) is 42.0 Å². The topological polar surface area (TPSA) is 75.6 Å². The van der Waals surface area contributed by atoms with E-state index in [0.717, 1.165) is 5.56 Å². The summed E-state index contributed by atoms with van der Waals surface area (Å²) >= 11 is 0. The van der Waals surface area contributed by atoms with E-state index < -0.39 is 18.5 Å². The Balaban J connectivity index is 1.68. The summed E-state index contributed by atoms with van der Waals surface area (Å²) in [7, 11) is 0. The molecule has 2 heterocycles. The predicted octanol–water partition coefficient (Wildman–Crippen LogP) is 4.95. The van der Waals surface area contributed by atoms with Crippen LogP contribution < -0.4 is 10.6 Å². The summed E-state index contributed by atoms with van der Waals surface area (Å²) in [4.78, 5) is 16.9. The molecule has 0 aliphatic heterocycles. The smallest absolute Gasteiger partial charge is 0.359 e. The first-order valence-electron chi connectivity index (χ1n) is 9.36. The number of nitrogens with zero attached hydrogens (tertiary/aromatic N) is 4. The predicted molar refractivity (Wildman–Crippen MR) is 109 cm³/mol. The molecule has 0 aliphatic rings. The molecule has 0 radical (unpaired) electrons. The van der Waals surface area contributed by atoms with Crippen LogP contribution in [-0.2, 0) is 6.54 Å². The highest BCUT2D eigenvalue weighted by Gasteiger charge is 2.27. The lowest BCUT2D eigenvalue weighted by Crippen LogP contribution is -2.22. The lowest BCUT2D eigenvalue weighted by Gasteiger charge is -2.13. The van der Waals surface area contributed by atoms with Crippen molar-refractivity contribution >= 4 is 22.9 Å². The number of anilines is 2. The van der Waals surface area contributed by atoms with Crippen LogP contribution in [0.2, 0.25) is 0 Å². The van der Waals surface area contributed by atoms with Gasteiger partial charge in [0.25, 0.3) is 0 Å². The molecule has 0 atom stereocenters. The maximum absolute atomic E-state index is 13.2. The molecule has 2 N–H and O–H groups in total. The van der Waals surface area contributed by atoms with Gasteiger partial charge in [-0.1, -0.05) is 12.1 Å². The first-order chi connectivity index (χ1) is 15.3. The molecule has 11 heteroatoms. The number of rotatable bonds is 6. The molecule has 32 heavy (non-hydrogen) atoms. The van der Waals surface area contributed by atoms with E-state index in [1.165, 1.54) is 42.6 Å². The lowest BCUT2D eigenvalue weighted by atomic mass is 10.1. The maximum Gasteiger partial charge on any atom is 0.405 e. The fraction of sp³-hybridized carbons (Fsp3) is 0.143. The van der Waals surface area contributed by atoms with Crippen LogP contribution >= 0.6 is 0 Å². The second-order valence-corrected chi connectivity index (χ2v) is 6.78. The molecule has 0 unspecified atom stereocenters. The number of halogens is 5. The normalized spacial score (nSPS) is 11.5. The number of nitrogens with one attached hydrogen (secondary N) is 2. The van der Waals surface area contributed by atoms with Crippen LogP contribution in [0.4, 0.5) is 33.7 Å². The summed E-state index contributed by atoms with van der Waals surface area (Å²) in [6, 6.07) is 11.1. The highest BCUT2D eigenvalue weighted by atomic mass is 19.4. The van der Waals surface area contributed by atoms with E-state index in [2.05, 4.69) is 30.6 Å². The van der Waals surface area contributed by atoms with E-state index >= 15 is 0 Å². The van der Waals surface area contributed by atoms with Gasteiger partial charge in [-0.15, -0.1) is 0 Å². The van der Waals surface area contributed by atoms with Gasteiger partial charge in [-0.3, -0.25) is 0 Å². The number of hydrogen-bond acceptors (Lipinski definition) is 6. The Labute approximate surface area is 178 Å². The van der Waals surface area contributed by atoms with Crippen molar-refractivity contribution in [2.24, 2.45) is 0 Å². The molecular formula is C21H15F5N6. The van der Waals surface area contributed by atoms with E-state index in [1.807, 2.05) is 0 Å². The molecule has 2 aromatic heterocycles. The van der Waals surface area contributed by atoms with Crippen LogP contribution in [0.1, 0.15) is 5.56 Å². The summed E-state index contributed by atoms with van der Waals surface area (Å²) < 4.78 is 64.7. The van der Waals surface area contributed by atoms with Crippen molar-refractivity contribution < 1.29 is 22.0 Å². The average molecular weight is 446 g/mol. The molecular weight excluding hydrogens is 431 g/mol. The number of alkyl halides is 3. The average Bonchev–Trinajstić information content (AvgIpc) is 2.77. The van der Waals surface area contributed by atoms with Gasteiger partial charge in [0, 0.05) is 12.1 Å². The lowest BCUT2D eigenvalue weighted by molar-refractivity contribution is -0.115. The molecule has 4 rings (SSSR count). The first-order valence-corrected chi connectivity index (χ1v) is 9.36. The van der Waals surface area contributed by atoms with Gasteiger partial charge in [-0.25, -0.2) is 18.7 Å². The van der Waals surface area contributed by atoms with Crippen molar-refractivity contribution in [1.82, 2.24) is 19.9 Å².